The third-order valence-electron chi connectivity index (χ3n) is 6.28. The van der Waals surface area contributed by atoms with Gasteiger partial charge in [0.1, 0.15) is 28.0 Å². The Labute approximate surface area is 245 Å². The summed E-state index contributed by atoms with van der Waals surface area (Å²) < 4.78 is 10.7. The van der Waals surface area contributed by atoms with E-state index in [1.165, 1.54) is 12.1 Å². The number of nitrogens with zero attached hydrogens (tertiary/aromatic N) is 2. The predicted octanol–water partition coefficient (Wildman–Crippen LogP) is 3.45. The second kappa shape index (κ2) is 10.7. The molecule has 0 bridgehead atoms. The van der Waals surface area contributed by atoms with Crippen molar-refractivity contribution in [3.63, 3.8) is 0 Å². The van der Waals surface area contributed by atoms with Gasteiger partial charge in [-0.15, -0.1) is 11.3 Å². The van der Waals surface area contributed by atoms with Crippen LogP contribution in [0.15, 0.2) is 18.2 Å². The van der Waals surface area contributed by atoms with Crippen molar-refractivity contribution in [2.45, 2.75) is 71.8 Å². The number of hydrogen-bond acceptors (Lipinski definition) is 10. The van der Waals surface area contributed by atoms with Gasteiger partial charge in [0.25, 0.3) is 11.8 Å². The van der Waals surface area contributed by atoms with Crippen molar-refractivity contribution >= 4 is 52.1 Å². The van der Waals surface area contributed by atoms with E-state index in [1.54, 1.807) is 47.6 Å². The Hall–Kier alpha value is -4.46. The molecule has 1 atom stereocenters. The molecule has 1 unspecified atom stereocenters. The first kappa shape index (κ1) is 30.5. The molecule has 2 aromatic rings. The van der Waals surface area contributed by atoms with Gasteiger partial charge in [-0.1, -0.05) is 12.1 Å². The number of rotatable bonds is 3. The van der Waals surface area contributed by atoms with Gasteiger partial charge in [-0.25, -0.2) is 14.4 Å². The maximum atomic E-state index is 13.9. The monoisotopic (exact) mass is 601 g/mol. The molecule has 4 amide bonds. The van der Waals surface area contributed by atoms with Crippen LogP contribution in [0.3, 0.4) is 0 Å². The van der Waals surface area contributed by atoms with Crippen LogP contribution in [-0.4, -0.2) is 73.5 Å². The average molecular weight is 602 g/mol. The highest BCUT2D eigenvalue weighted by molar-refractivity contribution is 7.17. The highest BCUT2D eigenvalue weighted by Crippen LogP contribution is 2.45. The summed E-state index contributed by atoms with van der Waals surface area (Å²) in [6, 6.07) is 2.82. The van der Waals surface area contributed by atoms with Crippen LogP contribution in [0.5, 0.6) is 5.75 Å². The quantitative estimate of drug-likeness (QED) is 0.268. The molecule has 2 aliphatic rings. The Balaban J connectivity index is 1.80. The molecule has 3 N–H and O–H groups in total. The molecule has 0 radical (unpaired) electrons. The topological polar surface area (TPSA) is 180 Å². The number of benzene rings is 1. The molecular formula is C28H31N3O10S. The highest BCUT2D eigenvalue weighted by Gasteiger charge is 2.46. The van der Waals surface area contributed by atoms with Crippen LogP contribution in [0.1, 0.15) is 84.3 Å². The molecule has 0 spiro atoms. The number of carbonyl (C=O) groups excluding carboxylic acids is 5. The predicted molar refractivity (Wildman–Crippen MR) is 148 cm³/mol. The van der Waals surface area contributed by atoms with Gasteiger partial charge in [0, 0.05) is 11.4 Å². The second-order valence-corrected chi connectivity index (χ2v) is 12.8. The van der Waals surface area contributed by atoms with E-state index in [9.17, 15) is 39.0 Å². The molecule has 224 valence electrons. The lowest BCUT2D eigenvalue weighted by Gasteiger charge is -2.34. The summed E-state index contributed by atoms with van der Waals surface area (Å²) in [7, 11) is 0. The molecule has 0 saturated carbocycles. The third-order valence-corrected chi connectivity index (χ3v) is 7.48. The highest BCUT2D eigenvalue weighted by atomic mass is 32.1. The summed E-state index contributed by atoms with van der Waals surface area (Å²) in [4.78, 5) is 79.7. The number of hydrogen-bond donors (Lipinski definition) is 3. The lowest BCUT2D eigenvalue weighted by Crippen LogP contribution is -2.48. The summed E-state index contributed by atoms with van der Waals surface area (Å²) in [5.74, 6) is -5.28. The van der Waals surface area contributed by atoms with Gasteiger partial charge >= 0.3 is 23.9 Å². The number of esters is 2. The first-order valence-electron chi connectivity index (χ1n) is 13.0. The lowest BCUT2D eigenvalue weighted by molar-refractivity contribution is -0.161. The van der Waals surface area contributed by atoms with Crippen molar-refractivity contribution in [3.05, 3.63) is 45.3 Å². The van der Waals surface area contributed by atoms with Gasteiger partial charge in [-0.05, 0) is 65.2 Å². The zero-order valence-corrected chi connectivity index (χ0v) is 24.7. The Morgan fingerprint density at radius 2 is 1.67 bits per heavy atom. The smallest absolute Gasteiger partial charge is 0.408 e. The minimum atomic E-state index is -1.56. The molecule has 1 aromatic carbocycles. The molecule has 42 heavy (non-hydrogen) atoms. The maximum Gasteiger partial charge on any atom is 0.408 e. The number of ether oxygens (including phenoxy) is 2. The summed E-state index contributed by atoms with van der Waals surface area (Å²) in [6.45, 7) is 9.19. The number of anilines is 1. The van der Waals surface area contributed by atoms with Gasteiger partial charge in [0.2, 0.25) is 0 Å². The molecular weight excluding hydrogens is 570 g/mol. The van der Waals surface area contributed by atoms with Gasteiger partial charge in [0.05, 0.1) is 17.7 Å². The van der Waals surface area contributed by atoms with Crippen LogP contribution in [0, 0.1) is 0 Å². The first-order chi connectivity index (χ1) is 19.4. The number of carbonyl (C=O) groups is 6. The van der Waals surface area contributed by atoms with Gasteiger partial charge in [-0.3, -0.25) is 24.2 Å². The van der Waals surface area contributed by atoms with Crippen LogP contribution in [0.4, 0.5) is 9.80 Å². The van der Waals surface area contributed by atoms with Crippen molar-refractivity contribution in [2.75, 3.05) is 11.9 Å². The SMILES string of the molecule is CC(C)(C)OC(=O)C(=O)Nc1sc2c(c1C(=O)OC(C)(C)C)CCN(C(=O)O)C2C(=O)N1Cc2cccc(O)c2C1=O. The first-order valence-corrected chi connectivity index (χ1v) is 13.8. The number of nitrogens with one attached hydrogen (secondary N) is 1. The van der Waals surface area contributed by atoms with Gasteiger partial charge in [-0.2, -0.15) is 0 Å². The van der Waals surface area contributed by atoms with Gasteiger partial charge < -0.3 is 25.0 Å². The van der Waals surface area contributed by atoms with E-state index < -0.39 is 53.0 Å². The average Bonchev–Trinajstić information content (AvgIpc) is 3.38. The fourth-order valence-electron chi connectivity index (χ4n) is 4.69. The number of carboxylic acid groups (broad SMARTS) is 1. The van der Waals surface area contributed by atoms with Crippen LogP contribution < -0.4 is 5.32 Å². The normalized spacial score (nSPS) is 16.4. The summed E-state index contributed by atoms with van der Waals surface area (Å²) in [5, 5.41) is 22.4. The molecule has 0 saturated heterocycles. The van der Waals surface area contributed by atoms with E-state index in [-0.39, 0.29) is 51.8 Å². The zero-order valence-electron chi connectivity index (χ0n) is 23.9. The van der Waals surface area contributed by atoms with Crippen molar-refractivity contribution in [3.8, 4) is 5.75 Å². The third kappa shape index (κ3) is 5.93. The molecule has 14 heteroatoms. The minimum Gasteiger partial charge on any atom is -0.507 e. The van der Waals surface area contributed by atoms with E-state index >= 15 is 0 Å². The van der Waals surface area contributed by atoms with Crippen molar-refractivity contribution in [1.29, 1.82) is 0 Å². The second-order valence-electron chi connectivity index (χ2n) is 11.8. The number of amides is 4. The lowest BCUT2D eigenvalue weighted by atomic mass is 9.96. The number of thiophene rings is 1. The van der Waals surface area contributed by atoms with E-state index in [1.807, 2.05) is 0 Å². The molecule has 0 fully saturated rings. The number of fused-ring (bicyclic) bond motifs is 2. The Bertz CT molecular complexity index is 1510. The Morgan fingerprint density at radius 1 is 1.02 bits per heavy atom. The number of phenolic OH excluding ortho intramolecular Hbond substituents is 1. The molecule has 1 aromatic heterocycles. The number of aromatic hydroxyl groups is 1. The van der Waals surface area contributed by atoms with Crippen molar-refractivity contribution < 1.29 is 48.5 Å². The van der Waals surface area contributed by atoms with Crippen molar-refractivity contribution in [1.82, 2.24) is 9.80 Å². The largest absolute Gasteiger partial charge is 0.507 e. The number of phenols is 1. The van der Waals surface area contributed by atoms with Crippen LogP contribution >= 0.6 is 11.3 Å². The van der Waals surface area contributed by atoms with Gasteiger partial charge in [0.15, 0.2) is 0 Å². The van der Waals surface area contributed by atoms with Crippen molar-refractivity contribution in [2.24, 2.45) is 0 Å². The summed E-state index contributed by atoms with van der Waals surface area (Å²) >= 11 is 0.731. The van der Waals surface area contributed by atoms with Crippen LogP contribution in [0.2, 0.25) is 0 Å². The standard InChI is InChI=1S/C28H31N3O10S/c1-27(2,3)40-24(36)17-14-10-11-30(26(38)39)18(19(14)42-21(17)29-20(33)25(37)41-28(4,5)6)23(35)31-12-13-8-7-9-15(32)16(13)22(31)34/h7-9,18,32H,10-12H2,1-6H3,(H,29,33)(H,38,39). The fourth-order valence-corrected chi connectivity index (χ4v) is 6.03. The molecule has 4 rings (SSSR count). The number of imide groups is 1. The maximum absolute atomic E-state index is 13.9. The molecule has 0 aliphatic carbocycles. The van der Waals surface area contributed by atoms with E-state index in [0.29, 0.717) is 5.56 Å². The zero-order chi connectivity index (χ0) is 31.3. The van der Waals surface area contributed by atoms with E-state index in [4.69, 9.17) is 9.47 Å². The van der Waals surface area contributed by atoms with Crippen LogP contribution in [-0.2, 0) is 36.8 Å². The molecule has 13 nitrogen and oxygen atoms in total. The summed E-state index contributed by atoms with van der Waals surface area (Å²) in [6.07, 6.45) is -1.47. The molecule has 2 aliphatic heterocycles. The Kier molecular flexibility index (Phi) is 7.80. The van der Waals surface area contributed by atoms with E-state index in [2.05, 4.69) is 5.32 Å². The summed E-state index contributed by atoms with van der Waals surface area (Å²) in [5.41, 5.74) is -1.49. The molecule has 3 heterocycles. The fraction of sp³-hybridized carbons (Fsp3) is 0.429. The minimum absolute atomic E-state index is 0.0201. The van der Waals surface area contributed by atoms with E-state index in [0.717, 1.165) is 21.1 Å². The Morgan fingerprint density at radius 3 is 2.24 bits per heavy atom. The van der Waals surface area contributed by atoms with Crippen LogP contribution in [0.25, 0.3) is 0 Å².